The van der Waals surface area contributed by atoms with Gasteiger partial charge in [0.25, 0.3) is 0 Å². The third kappa shape index (κ3) is 1.90. The van der Waals surface area contributed by atoms with Crippen molar-refractivity contribution in [1.29, 1.82) is 0 Å². The van der Waals surface area contributed by atoms with Gasteiger partial charge in [0, 0.05) is 18.0 Å². The Morgan fingerprint density at radius 3 is 2.43 bits per heavy atom. The molecule has 1 atom stereocenters. The van der Waals surface area contributed by atoms with E-state index in [0.717, 1.165) is 12.1 Å². The SMILES string of the molecule is CC(CN)(CF)c1ccc(F)cc1F. The second-order valence-electron chi connectivity index (χ2n) is 3.52. The standard InChI is InChI=1S/C10H12F3N/c1-10(5-11,6-14)8-3-2-7(12)4-9(8)13/h2-4H,5-6,14H2,1H3. The fraction of sp³-hybridized carbons (Fsp3) is 0.400. The van der Waals surface area contributed by atoms with Crippen LogP contribution in [-0.4, -0.2) is 13.2 Å². The number of rotatable bonds is 3. The Balaban J connectivity index is 3.17. The van der Waals surface area contributed by atoms with Gasteiger partial charge in [-0.2, -0.15) is 0 Å². The first kappa shape index (κ1) is 11.0. The van der Waals surface area contributed by atoms with Crippen molar-refractivity contribution in [2.24, 2.45) is 5.73 Å². The lowest BCUT2D eigenvalue weighted by molar-refractivity contribution is 0.324. The molecule has 1 aromatic carbocycles. The van der Waals surface area contributed by atoms with Gasteiger partial charge in [0.1, 0.15) is 18.3 Å². The molecule has 0 amide bonds. The number of hydrogen-bond donors (Lipinski definition) is 1. The Hall–Kier alpha value is -1.03. The van der Waals surface area contributed by atoms with E-state index in [-0.39, 0.29) is 12.1 Å². The molecule has 0 radical (unpaired) electrons. The second-order valence-corrected chi connectivity index (χ2v) is 3.52. The van der Waals surface area contributed by atoms with Crippen LogP contribution in [0.4, 0.5) is 13.2 Å². The van der Waals surface area contributed by atoms with Crippen LogP contribution in [-0.2, 0) is 5.41 Å². The highest BCUT2D eigenvalue weighted by Crippen LogP contribution is 2.26. The van der Waals surface area contributed by atoms with Crippen molar-refractivity contribution < 1.29 is 13.2 Å². The van der Waals surface area contributed by atoms with Gasteiger partial charge in [0.15, 0.2) is 0 Å². The normalized spacial score (nSPS) is 15.2. The Kier molecular flexibility index (Phi) is 3.16. The summed E-state index contributed by atoms with van der Waals surface area (Å²) in [6.07, 6.45) is 0. The summed E-state index contributed by atoms with van der Waals surface area (Å²) >= 11 is 0. The summed E-state index contributed by atoms with van der Waals surface area (Å²) in [4.78, 5) is 0. The lowest BCUT2D eigenvalue weighted by Gasteiger charge is -2.25. The van der Waals surface area contributed by atoms with Crippen molar-refractivity contribution in [3.05, 3.63) is 35.4 Å². The maximum atomic E-state index is 13.3. The van der Waals surface area contributed by atoms with Gasteiger partial charge in [0.2, 0.25) is 0 Å². The molecule has 0 aliphatic carbocycles. The molecule has 1 rings (SSSR count). The van der Waals surface area contributed by atoms with Crippen molar-refractivity contribution >= 4 is 0 Å². The summed E-state index contributed by atoms with van der Waals surface area (Å²) < 4.78 is 38.5. The zero-order valence-electron chi connectivity index (χ0n) is 7.86. The molecular formula is C10H12F3N. The van der Waals surface area contributed by atoms with E-state index in [2.05, 4.69) is 0 Å². The van der Waals surface area contributed by atoms with Gasteiger partial charge in [-0.25, -0.2) is 8.78 Å². The fourth-order valence-corrected chi connectivity index (χ4v) is 1.22. The summed E-state index contributed by atoms with van der Waals surface area (Å²) in [7, 11) is 0. The fourth-order valence-electron chi connectivity index (χ4n) is 1.22. The Labute approximate surface area is 80.7 Å². The first-order valence-electron chi connectivity index (χ1n) is 4.25. The topological polar surface area (TPSA) is 26.0 Å². The summed E-state index contributed by atoms with van der Waals surface area (Å²) in [5.41, 5.74) is 4.40. The second kappa shape index (κ2) is 4.00. The zero-order chi connectivity index (χ0) is 10.8. The molecule has 0 heterocycles. The van der Waals surface area contributed by atoms with Crippen LogP contribution in [0.1, 0.15) is 12.5 Å². The molecule has 1 unspecified atom stereocenters. The van der Waals surface area contributed by atoms with Crippen molar-refractivity contribution in [3.8, 4) is 0 Å². The highest BCUT2D eigenvalue weighted by atomic mass is 19.1. The van der Waals surface area contributed by atoms with Crippen LogP contribution in [0, 0.1) is 11.6 Å². The molecule has 0 aromatic heterocycles. The maximum Gasteiger partial charge on any atom is 0.130 e. The number of halogens is 3. The van der Waals surface area contributed by atoms with Crippen molar-refractivity contribution in [1.82, 2.24) is 0 Å². The van der Waals surface area contributed by atoms with E-state index in [1.54, 1.807) is 0 Å². The van der Waals surface area contributed by atoms with Crippen LogP contribution in [0.3, 0.4) is 0 Å². The summed E-state index contributed by atoms with van der Waals surface area (Å²) in [6, 6.07) is 3.07. The largest absolute Gasteiger partial charge is 0.329 e. The predicted molar refractivity (Wildman–Crippen MR) is 48.7 cm³/mol. The summed E-state index contributed by atoms with van der Waals surface area (Å²) in [5, 5.41) is 0. The highest BCUT2D eigenvalue weighted by molar-refractivity contribution is 5.27. The predicted octanol–water partition coefficient (Wildman–Crippen LogP) is 2.15. The molecule has 0 fully saturated rings. The average molecular weight is 203 g/mol. The highest BCUT2D eigenvalue weighted by Gasteiger charge is 2.28. The van der Waals surface area contributed by atoms with E-state index >= 15 is 0 Å². The molecule has 0 bridgehead atoms. The Morgan fingerprint density at radius 1 is 1.36 bits per heavy atom. The van der Waals surface area contributed by atoms with Crippen LogP contribution in [0.2, 0.25) is 0 Å². The van der Waals surface area contributed by atoms with Gasteiger partial charge in [-0.05, 0) is 11.6 Å². The minimum Gasteiger partial charge on any atom is -0.329 e. The van der Waals surface area contributed by atoms with Gasteiger partial charge in [-0.1, -0.05) is 13.0 Å². The molecule has 2 N–H and O–H groups in total. The van der Waals surface area contributed by atoms with Crippen LogP contribution in [0.25, 0.3) is 0 Å². The number of hydrogen-bond acceptors (Lipinski definition) is 1. The lowest BCUT2D eigenvalue weighted by atomic mass is 9.83. The average Bonchev–Trinajstić information content (AvgIpc) is 2.17. The first-order chi connectivity index (χ1) is 6.53. The third-order valence-electron chi connectivity index (χ3n) is 2.33. The molecular weight excluding hydrogens is 191 g/mol. The van der Waals surface area contributed by atoms with Crippen LogP contribution < -0.4 is 5.73 Å². The molecule has 4 heteroatoms. The van der Waals surface area contributed by atoms with Gasteiger partial charge < -0.3 is 5.73 Å². The molecule has 1 aromatic rings. The van der Waals surface area contributed by atoms with Crippen molar-refractivity contribution in [2.45, 2.75) is 12.3 Å². The third-order valence-corrected chi connectivity index (χ3v) is 2.33. The zero-order valence-corrected chi connectivity index (χ0v) is 7.86. The quantitative estimate of drug-likeness (QED) is 0.800. The van der Waals surface area contributed by atoms with E-state index in [1.807, 2.05) is 0 Å². The van der Waals surface area contributed by atoms with Crippen LogP contribution in [0.15, 0.2) is 18.2 Å². The molecule has 0 aliphatic heterocycles. The smallest absolute Gasteiger partial charge is 0.130 e. The number of nitrogens with two attached hydrogens (primary N) is 1. The summed E-state index contributed by atoms with van der Waals surface area (Å²) in [5.74, 6) is -1.43. The maximum absolute atomic E-state index is 13.3. The van der Waals surface area contributed by atoms with Crippen molar-refractivity contribution in [3.63, 3.8) is 0 Å². The molecule has 14 heavy (non-hydrogen) atoms. The van der Waals surface area contributed by atoms with Gasteiger partial charge in [-0.3, -0.25) is 4.39 Å². The summed E-state index contributed by atoms with van der Waals surface area (Å²) in [6.45, 7) is 0.710. The van der Waals surface area contributed by atoms with E-state index in [4.69, 9.17) is 5.73 Å². The molecule has 0 spiro atoms. The van der Waals surface area contributed by atoms with E-state index < -0.39 is 23.7 Å². The molecule has 78 valence electrons. The Morgan fingerprint density at radius 2 is 2.00 bits per heavy atom. The van der Waals surface area contributed by atoms with Crippen molar-refractivity contribution in [2.75, 3.05) is 13.2 Å². The van der Waals surface area contributed by atoms with E-state index in [9.17, 15) is 13.2 Å². The molecule has 0 aliphatic rings. The molecule has 0 saturated carbocycles. The van der Waals surface area contributed by atoms with E-state index in [1.165, 1.54) is 13.0 Å². The lowest BCUT2D eigenvalue weighted by Crippen LogP contribution is -2.35. The number of alkyl halides is 1. The van der Waals surface area contributed by atoms with Gasteiger partial charge in [0.05, 0.1) is 0 Å². The minimum atomic E-state index is -1.07. The van der Waals surface area contributed by atoms with E-state index in [0.29, 0.717) is 0 Å². The minimum absolute atomic E-state index is 0.0218. The van der Waals surface area contributed by atoms with Crippen LogP contribution >= 0.6 is 0 Å². The first-order valence-corrected chi connectivity index (χ1v) is 4.25. The molecule has 1 nitrogen and oxygen atoms in total. The molecule has 0 saturated heterocycles. The Bertz CT molecular complexity index is 321. The van der Waals surface area contributed by atoms with Gasteiger partial charge in [-0.15, -0.1) is 0 Å². The van der Waals surface area contributed by atoms with Crippen LogP contribution in [0.5, 0.6) is 0 Å². The monoisotopic (exact) mass is 203 g/mol. The van der Waals surface area contributed by atoms with Gasteiger partial charge >= 0.3 is 0 Å². The number of benzene rings is 1.